The first-order chi connectivity index (χ1) is 11.5. The predicted octanol–water partition coefficient (Wildman–Crippen LogP) is 4.16. The van der Waals surface area contributed by atoms with Crippen LogP contribution in [-0.2, 0) is 9.47 Å². The summed E-state index contributed by atoms with van der Waals surface area (Å²) in [6, 6.07) is 0. The van der Waals surface area contributed by atoms with Crippen molar-refractivity contribution in [3.05, 3.63) is 12.2 Å². The van der Waals surface area contributed by atoms with E-state index in [9.17, 15) is 5.11 Å². The van der Waals surface area contributed by atoms with Crippen molar-refractivity contribution in [1.82, 2.24) is 0 Å². The molecule has 3 nitrogen and oxygen atoms in total. The van der Waals surface area contributed by atoms with Crippen LogP contribution < -0.4 is 0 Å². The molecule has 4 rings (SSSR count). The smallest absolute Gasteiger partial charge is 0.146 e. The fourth-order valence-electron chi connectivity index (χ4n) is 7.17. The lowest BCUT2D eigenvalue weighted by Gasteiger charge is -2.59. The normalized spacial score (nSPS) is 53.3. The molecule has 0 heterocycles. The topological polar surface area (TPSA) is 38.7 Å². The van der Waals surface area contributed by atoms with Crippen LogP contribution >= 0.6 is 0 Å². The first-order valence-corrected chi connectivity index (χ1v) is 9.97. The molecule has 136 valence electrons. The number of fused-ring (bicyclic) bond motifs is 5. The Hall–Kier alpha value is -0.380. The number of rotatable bonds is 3. The molecule has 4 aliphatic rings. The van der Waals surface area contributed by atoms with E-state index < -0.39 is 0 Å². The SMILES string of the molecule is COCOC1CC[C@H]2[C@@H]3CCC4CC(O)C=C[C@]4(C)[C@@H]3CC[C@]12C. The van der Waals surface area contributed by atoms with Gasteiger partial charge in [-0.2, -0.15) is 0 Å². The van der Waals surface area contributed by atoms with Crippen LogP contribution in [0.5, 0.6) is 0 Å². The second kappa shape index (κ2) is 6.10. The van der Waals surface area contributed by atoms with Crippen molar-refractivity contribution in [1.29, 1.82) is 0 Å². The van der Waals surface area contributed by atoms with Gasteiger partial charge in [-0.05, 0) is 79.4 Å². The number of ether oxygens (including phenoxy) is 2. The van der Waals surface area contributed by atoms with Gasteiger partial charge in [0.25, 0.3) is 0 Å². The molecule has 0 aromatic heterocycles. The lowest BCUT2D eigenvalue weighted by molar-refractivity contribution is -0.144. The van der Waals surface area contributed by atoms with Crippen LogP contribution in [0.3, 0.4) is 0 Å². The Morgan fingerprint density at radius 1 is 1.08 bits per heavy atom. The Labute approximate surface area is 146 Å². The van der Waals surface area contributed by atoms with E-state index in [1.807, 2.05) is 0 Å². The molecule has 0 amide bonds. The van der Waals surface area contributed by atoms with Crippen LogP contribution in [0.2, 0.25) is 0 Å². The number of methoxy groups -OCH3 is 1. The Kier molecular flexibility index (Phi) is 4.34. The third-order valence-corrected chi connectivity index (χ3v) is 8.47. The largest absolute Gasteiger partial charge is 0.389 e. The second-order valence-corrected chi connectivity index (χ2v) is 9.36. The van der Waals surface area contributed by atoms with Gasteiger partial charge in [0, 0.05) is 7.11 Å². The molecule has 1 N–H and O–H groups in total. The zero-order chi connectivity index (χ0) is 16.9. The van der Waals surface area contributed by atoms with Crippen LogP contribution in [0.1, 0.15) is 58.8 Å². The van der Waals surface area contributed by atoms with E-state index in [-0.39, 0.29) is 6.10 Å². The summed E-state index contributed by atoms with van der Waals surface area (Å²) in [4.78, 5) is 0. The van der Waals surface area contributed by atoms with Gasteiger partial charge >= 0.3 is 0 Å². The average molecular weight is 335 g/mol. The van der Waals surface area contributed by atoms with Gasteiger partial charge in [-0.25, -0.2) is 0 Å². The number of aliphatic hydroxyl groups is 1. The van der Waals surface area contributed by atoms with Crippen molar-refractivity contribution in [2.45, 2.75) is 71.0 Å². The van der Waals surface area contributed by atoms with Gasteiger partial charge in [0.05, 0.1) is 12.2 Å². The maximum atomic E-state index is 10.1. The zero-order valence-corrected chi connectivity index (χ0v) is 15.5. The number of hydrogen-bond donors (Lipinski definition) is 1. The van der Waals surface area contributed by atoms with Crippen LogP contribution in [0.15, 0.2) is 12.2 Å². The Balaban J connectivity index is 1.57. The first kappa shape index (κ1) is 17.1. The summed E-state index contributed by atoms with van der Waals surface area (Å²) in [5.74, 6) is 3.10. The highest BCUT2D eigenvalue weighted by atomic mass is 16.7. The summed E-state index contributed by atoms with van der Waals surface area (Å²) in [5, 5.41) is 10.1. The van der Waals surface area contributed by atoms with Crippen LogP contribution in [0, 0.1) is 34.5 Å². The summed E-state index contributed by atoms with van der Waals surface area (Å²) in [5.41, 5.74) is 0.635. The van der Waals surface area contributed by atoms with Crippen LogP contribution in [0.4, 0.5) is 0 Å². The van der Waals surface area contributed by atoms with Crippen molar-refractivity contribution in [2.24, 2.45) is 34.5 Å². The highest BCUT2D eigenvalue weighted by Crippen LogP contribution is 2.65. The lowest BCUT2D eigenvalue weighted by Crippen LogP contribution is -2.53. The molecule has 3 heteroatoms. The minimum Gasteiger partial charge on any atom is -0.389 e. The summed E-state index contributed by atoms with van der Waals surface area (Å²) in [6.07, 6.45) is 13.3. The van der Waals surface area contributed by atoms with Crippen molar-refractivity contribution in [3.8, 4) is 0 Å². The summed E-state index contributed by atoms with van der Waals surface area (Å²) in [6.45, 7) is 5.39. The quantitative estimate of drug-likeness (QED) is 0.622. The molecule has 0 aromatic carbocycles. The standard InChI is InChI=1S/C21H34O3/c1-20-10-8-15(22)12-14(20)4-5-16-17-6-7-19(24-13-23-3)21(17,2)11-9-18(16)20/h8,10,14-19,22H,4-7,9,11-13H2,1-3H3/t14?,15?,16-,17-,18+,19?,20-,21-/m0/s1. The van der Waals surface area contributed by atoms with Crippen LogP contribution in [-0.4, -0.2) is 31.2 Å². The van der Waals surface area contributed by atoms with E-state index >= 15 is 0 Å². The highest BCUT2D eigenvalue weighted by Gasteiger charge is 2.59. The summed E-state index contributed by atoms with van der Waals surface area (Å²) in [7, 11) is 1.72. The molecule has 0 saturated heterocycles. The van der Waals surface area contributed by atoms with Gasteiger partial charge in [0.1, 0.15) is 6.79 Å². The van der Waals surface area contributed by atoms with Crippen molar-refractivity contribution >= 4 is 0 Å². The molecule has 24 heavy (non-hydrogen) atoms. The zero-order valence-electron chi connectivity index (χ0n) is 15.5. The fourth-order valence-corrected chi connectivity index (χ4v) is 7.17. The first-order valence-electron chi connectivity index (χ1n) is 9.97. The third kappa shape index (κ3) is 2.42. The molecule has 0 radical (unpaired) electrons. The molecule has 4 aliphatic carbocycles. The van der Waals surface area contributed by atoms with E-state index in [1.54, 1.807) is 7.11 Å². The minimum absolute atomic E-state index is 0.216. The van der Waals surface area contributed by atoms with E-state index in [2.05, 4.69) is 26.0 Å². The number of allylic oxidation sites excluding steroid dienone is 1. The number of aliphatic hydroxyl groups excluding tert-OH is 1. The van der Waals surface area contributed by atoms with Crippen molar-refractivity contribution < 1.29 is 14.6 Å². The van der Waals surface area contributed by atoms with E-state index in [1.165, 1.54) is 38.5 Å². The van der Waals surface area contributed by atoms with Gasteiger partial charge in [-0.15, -0.1) is 0 Å². The highest BCUT2D eigenvalue weighted by molar-refractivity contribution is 5.17. The van der Waals surface area contributed by atoms with E-state index in [0.29, 0.717) is 29.6 Å². The molecule has 0 bridgehead atoms. The third-order valence-electron chi connectivity index (χ3n) is 8.47. The second-order valence-electron chi connectivity index (χ2n) is 9.36. The summed E-state index contributed by atoms with van der Waals surface area (Å²) >= 11 is 0. The summed E-state index contributed by atoms with van der Waals surface area (Å²) < 4.78 is 11.3. The molecule has 3 unspecified atom stereocenters. The molecular weight excluding hydrogens is 300 g/mol. The Bertz CT molecular complexity index is 503. The number of hydrogen-bond acceptors (Lipinski definition) is 3. The molecule has 8 atom stereocenters. The maximum Gasteiger partial charge on any atom is 0.146 e. The minimum atomic E-state index is -0.216. The van der Waals surface area contributed by atoms with E-state index in [0.717, 1.165) is 24.2 Å². The van der Waals surface area contributed by atoms with Gasteiger partial charge in [0.15, 0.2) is 0 Å². The Morgan fingerprint density at radius 3 is 2.71 bits per heavy atom. The van der Waals surface area contributed by atoms with E-state index in [4.69, 9.17) is 9.47 Å². The van der Waals surface area contributed by atoms with Gasteiger partial charge < -0.3 is 14.6 Å². The van der Waals surface area contributed by atoms with Crippen molar-refractivity contribution in [2.75, 3.05) is 13.9 Å². The van der Waals surface area contributed by atoms with Gasteiger partial charge in [0.2, 0.25) is 0 Å². The molecule has 3 fully saturated rings. The van der Waals surface area contributed by atoms with Gasteiger partial charge in [-0.3, -0.25) is 0 Å². The molecular formula is C21H34O3. The molecule has 0 aromatic rings. The average Bonchev–Trinajstić information content (AvgIpc) is 2.90. The lowest BCUT2D eigenvalue weighted by atomic mass is 9.46. The predicted molar refractivity (Wildman–Crippen MR) is 94.4 cm³/mol. The molecule has 3 saturated carbocycles. The monoisotopic (exact) mass is 334 g/mol. The fraction of sp³-hybridized carbons (Fsp3) is 0.905. The maximum absolute atomic E-state index is 10.1. The molecule has 0 spiro atoms. The molecule has 0 aliphatic heterocycles. The van der Waals surface area contributed by atoms with Gasteiger partial charge in [-0.1, -0.05) is 26.0 Å². The van der Waals surface area contributed by atoms with Crippen LogP contribution in [0.25, 0.3) is 0 Å². The van der Waals surface area contributed by atoms with Crippen molar-refractivity contribution in [3.63, 3.8) is 0 Å². The Morgan fingerprint density at radius 2 is 1.92 bits per heavy atom.